The molecular weight excluding hydrogens is 324 g/mol. The maximum absolute atomic E-state index is 12.9. The lowest BCUT2D eigenvalue weighted by Gasteiger charge is -2.25. The Morgan fingerprint density at radius 1 is 1.12 bits per heavy atom. The minimum atomic E-state index is 0.102. The molecule has 1 aromatic heterocycles. The molecule has 0 saturated heterocycles. The maximum atomic E-state index is 12.9. The van der Waals surface area contributed by atoms with Crippen LogP contribution in [0.25, 0.3) is 0 Å². The highest BCUT2D eigenvalue weighted by atomic mass is 16.2. The van der Waals surface area contributed by atoms with Crippen LogP contribution in [-0.2, 0) is 0 Å². The summed E-state index contributed by atoms with van der Waals surface area (Å²) in [5, 5.41) is 0. The van der Waals surface area contributed by atoms with Crippen molar-refractivity contribution in [1.82, 2.24) is 14.9 Å². The number of aryl methyl sites for hydroxylation is 2. The van der Waals surface area contributed by atoms with Crippen molar-refractivity contribution < 1.29 is 4.79 Å². The monoisotopic (exact) mass is 352 g/mol. The fourth-order valence-corrected chi connectivity index (χ4v) is 3.18. The lowest BCUT2D eigenvalue weighted by atomic mass is 10.1. The zero-order valence-corrected chi connectivity index (χ0v) is 16.2. The van der Waals surface area contributed by atoms with Gasteiger partial charge >= 0.3 is 0 Å². The van der Waals surface area contributed by atoms with Crippen LogP contribution in [0.2, 0.25) is 0 Å². The Kier molecular flexibility index (Phi) is 5.55. The molecule has 0 radical (unpaired) electrons. The van der Waals surface area contributed by atoms with Crippen LogP contribution in [0.4, 0.5) is 5.95 Å². The molecule has 0 unspecified atom stereocenters. The summed E-state index contributed by atoms with van der Waals surface area (Å²) in [5.41, 5.74) is 4.01. The Hall–Kier alpha value is -2.43. The molecule has 3 rings (SSSR count). The molecule has 1 fully saturated rings. The van der Waals surface area contributed by atoms with Gasteiger partial charge in [0.2, 0.25) is 5.95 Å². The predicted octanol–water partition coefficient (Wildman–Crippen LogP) is 3.57. The summed E-state index contributed by atoms with van der Waals surface area (Å²) in [6, 6.07) is 10.1. The largest absolute Gasteiger partial charge is 0.342 e. The predicted molar refractivity (Wildman–Crippen MR) is 105 cm³/mol. The van der Waals surface area contributed by atoms with Crippen molar-refractivity contribution in [3.8, 4) is 0 Å². The molecule has 1 saturated carbocycles. The van der Waals surface area contributed by atoms with Gasteiger partial charge in [0.1, 0.15) is 0 Å². The number of rotatable bonds is 7. The van der Waals surface area contributed by atoms with Crippen LogP contribution in [0.5, 0.6) is 0 Å². The molecule has 0 aliphatic heterocycles. The first-order valence-corrected chi connectivity index (χ1v) is 9.40. The molecule has 1 aliphatic carbocycles. The minimum absolute atomic E-state index is 0.102. The molecule has 2 aromatic rings. The number of carbonyl (C=O) groups is 1. The molecule has 1 amide bonds. The standard InChI is InChI=1S/C21H28N4O/c1-5-25(12-11-24(4)21-22-15(2)13-16(3)23-21)20(26)19-8-6-7-18(14-19)17-9-10-17/h6-8,13-14,17H,5,9-12H2,1-4H3. The van der Waals surface area contributed by atoms with Gasteiger partial charge in [-0.25, -0.2) is 9.97 Å². The van der Waals surface area contributed by atoms with Crippen molar-refractivity contribution >= 4 is 11.9 Å². The smallest absolute Gasteiger partial charge is 0.253 e. The summed E-state index contributed by atoms with van der Waals surface area (Å²) in [6.07, 6.45) is 2.49. The first-order valence-electron chi connectivity index (χ1n) is 9.40. The third-order valence-electron chi connectivity index (χ3n) is 4.87. The Balaban J connectivity index is 1.65. The van der Waals surface area contributed by atoms with E-state index in [1.807, 2.05) is 55.8 Å². The summed E-state index contributed by atoms with van der Waals surface area (Å²) in [4.78, 5) is 25.8. The van der Waals surface area contributed by atoms with Crippen molar-refractivity contribution in [2.45, 2.75) is 39.5 Å². The maximum Gasteiger partial charge on any atom is 0.253 e. The van der Waals surface area contributed by atoms with Crippen molar-refractivity contribution in [2.75, 3.05) is 31.6 Å². The Morgan fingerprint density at radius 2 is 1.81 bits per heavy atom. The first kappa shape index (κ1) is 18.4. The van der Waals surface area contributed by atoms with E-state index in [2.05, 4.69) is 22.1 Å². The quantitative estimate of drug-likeness (QED) is 0.764. The van der Waals surface area contributed by atoms with Gasteiger partial charge in [-0.05, 0) is 63.3 Å². The number of likely N-dealkylation sites (N-methyl/N-ethyl adjacent to an activating group) is 2. The molecule has 1 aromatic carbocycles. The number of benzene rings is 1. The molecule has 0 atom stereocenters. The fraction of sp³-hybridized carbons (Fsp3) is 0.476. The normalized spacial score (nSPS) is 13.5. The highest BCUT2D eigenvalue weighted by Crippen LogP contribution is 2.40. The second-order valence-electron chi connectivity index (χ2n) is 7.16. The van der Waals surface area contributed by atoms with E-state index >= 15 is 0 Å². The van der Waals surface area contributed by atoms with Crippen LogP contribution in [0.15, 0.2) is 30.3 Å². The molecule has 26 heavy (non-hydrogen) atoms. The summed E-state index contributed by atoms with van der Waals surface area (Å²) < 4.78 is 0. The molecule has 5 heteroatoms. The lowest BCUT2D eigenvalue weighted by molar-refractivity contribution is 0.0768. The van der Waals surface area contributed by atoms with Crippen LogP contribution >= 0.6 is 0 Å². The second-order valence-corrected chi connectivity index (χ2v) is 7.16. The van der Waals surface area contributed by atoms with Crippen LogP contribution in [-0.4, -0.2) is 47.5 Å². The van der Waals surface area contributed by atoms with E-state index in [1.165, 1.54) is 18.4 Å². The zero-order chi connectivity index (χ0) is 18.7. The van der Waals surface area contributed by atoms with Crippen molar-refractivity contribution in [3.63, 3.8) is 0 Å². The van der Waals surface area contributed by atoms with Gasteiger partial charge in [0, 0.05) is 43.6 Å². The van der Waals surface area contributed by atoms with Crippen LogP contribution in [0.3, 0.4) is 0 Å². The molecule has 138 valence electrons. The van der Waals surface area contributed by atoms with Crippen molar-refractivity contribution in [3.05, 3.63) is 52.8 Å². The molecule has 1 heterocycles. The number of anilines is 1. The summed E-state index contributed by atoms with van der Waals surface area (Å²) >= 11 is 0. The van der Waals surface area contributed by atoms with Crippen LogP contribution in [0, 0.1) is 13.8 Å². The Labute approximate surface area is 156 Å². The van der Waals surface area contributed by atoms with Gasteiger partial charge < -0.3 is 9.80 Å². The highest BCUT2D eigenvalue weighted by Gasteiger charge is 2.24. The number of carbonyl (C=O) groups excluding carboxylic acids is 1. The molecular formula is C21H28N4O. The molecule has 0 spiro atoms. The molecule has 1 aliphatic rings. The zero-order valence-electron chi connectivity index (χ0n) is 16.2. The van der Waals surface area contributed by atoms with E-state index in [0.717, 1.165) is 17.0 Å². The molecule has 0 N–H and O–H groups in total. The fourth-order valence-electron chi connectivity index (χ4n) is 3.18. The van der Waals surface area contributed by atoms with Gasteiger partial charge in [-0.15, -0.1) is 0 Å². The summed E-state index contributed by atoms with van der Waals surface area (Å²) in [6.45, 7) is 8.01. The van der Waals surface area contributed by atoms with E-state index in [1.54, 1.807) is 0 Å². The van der Waals surface area contributed by atoms with Crippen LogP contribution in [0.1, 0.15) is 53.0 Å². The minimum Gasteiger partial charge on any atom is -0.342 e. The average Bonchev–Trinajstić information content (AvgIpc) is 3.46. The number of hydrogen-bond acceptors (Lipinski definition) is 4. The van der Waals surface area contributed by atoms with E-state index in [0.29, 0.717) is 31.5 Å². The molecule has 5 nitrogen and oxygen atoms in total. The van der Waals surface area contributed by atoms with E-state index < -0.39 is 0 Å². The molecule has 0 bridgehead atoms. The number of aromatic nitrogens is 2. The van der Waals surface area contributed by atoms with E-state index in [4.69, 9.17) is 0 Å². The van der Waals surface area contributed by atoms with Gasteiger partial charge in [0.05, 0.1) is 0 Å². The average molecular weight is 352 g/mol. The first-order chi connectivity index (χ1) is 12.5. The van der Waals surface area contributed by atoms with Gasteiger partial charge in [-0.2, -0.15) is 0 Å². The third kappa shape index (κ3) is 4.40. The SMILES string of the molecule is CCN(CCN(C)c1nc(C)cc(C)n1)C(=O)c1cccc(C2CC2)c1. The number of amides is 1. The van der Waals surface area contributed by atoms with Crippen LogP contribution < -0.4 is 4.90 Å². The van der Waals surface area contributed by atoms with Crippen molar-refractivity contribution in [2.24, 2.45) is 0 Å². The second kappa shape index (κ2) is 7.85. The summed E-state index contributed by atoms with van der Waals surface area (Å²) in [5.74, 6) is 1.47. The van der Waals surface area contributed by atoms with Gasteiger partial charge in [-0.1, -0.05) is 12.1 Å². The third-order valence-corrected chi connectivity index (χ3v) is 4.87. The van der Waals surface area contributed by atoms with Gasteiger partial charge in [-0.3, -0.25) is 4.79 Å². The number of hydrogen-bond donors (Lipinski definition) is 0. The highest BCUT2D eigenvalue weighted by molar-refractivity contribution is 5.94. The van der Waals surface area contributed by atoms with Gasteiger partial charge in [0.15, 0.2) is 0 Å². The summed E-state index contributed by atoms with van der Waals surface area (Å²) in [7, 11) is 1.97. The van der Waals surface area contributed by atoms with E-state index in [-0.39, 0.29) is 5.91 Å². The lowest BCUT2D eigenvalue weighted by Crippen LogP contribution is -2.38. The Bertz CT molecular complexity index is 765. The number of nitrogens with zero attached hydrogens (tertiary/aromatic N) is 4. The topological polar surface area (TPSA) is 49.3 Å². The Morgan fingerprint density at radius 3 is 2.42 bits per heavy atom. The van der Waals surface area contributed by atoms with Crippen molar-refractivity contribution in [1.29, 1.82) is 0 Å². The van der Waals surface area contributed by atoms with E-state index in [9.17, 15) is 4.79 Å². The van der Waals surface area contributed by atoms with Gasteiger partial charge in [0.25, 0.3) is 5.91 Å².